The summed E-state index contributed by atoms with van der Waals surface area (Å²) in [6.07, 6.45) is 3.28. The molecule has 31 heavy (non-hydrogen) atoms. The molecule has 8 nitrogen and oxygen atoms in total. The number of pyridine rings is 1. The van der Waals surface area contributed by atoms with Crippen LogP contribution in [0.3, 0.4) is 0 Å². The topological polar surface area (TPSA) is 99.3 Å². The minimum absolute atomic E-state index is 0.00651. The lowest BCUT2D eigenvalue weighted by Gasteiger charge is -2.08. The lowest BCUT2D eigenvalue weighted by atomic mass is 10.2. The largest absolute Gasteiger partial charge is 0.439 e. The number of aromatic nitrogens is 2. The van der Waals surface area contributed by atoms with Crippen molar-refractivity contribution in [1.29, 1.82) is 0 Å². The number of hydrogen-bond acceptors (Lipinski definition) is 5. The lowest BCUT2D eigenvalue weighted by molar-refractivity contribution is -0.384. The fourth-order valence-electron chi connectivity index (χ4n) is 3.08. The molecule has 0 bridgehead atoms. The minimum Gasteiger partial charge on any atom is -0.439 e. The van der Waals surface area contributed by atoms with E-state index in [0.717, 1.165) is 11.1 Å². The molecule has 9 heteroatoms. The number of hydrogen-bond donors (Lipinski definition) is 1. The molecule has 0 saturated heterocycles. The van der Waals surface area contributed by atoms with Gasteiger partial charge >= 0.3 is 0 Å². The predicted octanol–water partition coefficient (Wildman–Crippen LogP) is 4.19. The summed E-state index contributed by atoms with van der Waals surface area (Å²) in [6.45, 7) is 0.353. The summed E-state index contributed by atoms with van der Waals surface area (Å²) < 4.78 is 20.4. The molecule has 0 aliphatic heterocycles. The van der Waals surface area contributed by atoms with Crippen LogP contribution in [0.2, 0.25) is 0 Å². The molecule has 0 fully saturated rings. The van der Waals surface area contributed by atoms with Crippen LogP contribution in [0.4, 0.5) is 10.1 Å². The number of amides is 1. The van der Waals surface area contributed by atoms with E-state index in [-0.39, 0.29) is 24.7 Å². The van der Waals surface area contributed by atoms with E-state index in [1.165, 1.54) is 24.3 Å². The van der Waals surface area contributed by atoms with E-state index in [4.69, 9.17) is 4.74 Å². The van der Waals surface area contributed by atoms with Crippen molar-refractivity contribution in [2.75, 3.05) is 0 Å². The van der Waals surface area contributed by atoms with Gasteiger partial charge in [0.15, 0.2) is 0 Å². The molecule has 0 aliphatic rings. The molecule has 0 aliphatic carbocycles. The molecule has 2 heterocycles. The van der Waals surface area contributed by atoms with Crippen LogP contribution in [0.1, 0.15) is 5.56 Å². The maximum atomic E-state index is 13.2. The zero-order valence-corrected chi connectivity index (χ0v) is 16.2. The van der Waals surface area contributed by atoms with Gasteiger partial charge in [0.2, 0.25) is 11.8 Å². The van der Waals surface area contributed by atoms with E-state index in [2.05, 4.69) is 10.3 Å². The molecule has 2 aromatic heterocycles. The Balaban J connectivity index is 1.33. The second kappa shape index (κ2) is 8.62. The molecule has 0 unspecified atom stereocenters. The van der Waals surface area contributed by atoms with Gasteiger partial charge < -0.3 is 14.6 Å². The van der Waals surface area contributed by atoms with Crippen LogP contribution in [0.25, 0.3) is 10.9 Å². The molecule has 1 amide bonds. The van der Waals surface area contributed by atoms with Gasteiger partial charge in [-0.2, -0.15) is 0 Å². The average molecular weight is 420 g/mol. The van der Waals surface area contributed by atoms with E-state index in [1.807, 2.05) is 0 Å². The van der Waals surface area contributed by atoms with Crippen molar-refractivity contribution >= 4 is 22.5 Å². The summed E-state index contributed by atoms with van der Waals surface area (Å²) in [5.74, 6) is 0.0490. The first-order valence-corrected chi connectivity index (χ1v) is 9.36. The molecule has 0 atom stereocenters. The first-order valence-electron chi connectivity index (χ1n) is 9.36. The van der Waals surface area contributed by atoms with E-state index < -0.39 is 10.7 Å². The van der Waals surface area contributed by atoms with Crippen molar-refractivity contribution < 1.29 is 18.8 Å². The van der Waals surface area contributed by atoms with Gasteiger partial charge in [-0.05, 0) is 29.8 Å². The SMILES string of the molecule is O=C(Cn1ccc2cc([N+](=O)[O-])ccc21)NCc1ccc(Oc2cccc(F)c2)nc1. The Kier molecular flexibility index (Phi) is 5.57. The van der Waals surface area contributed by atoms with E-state index in [1.54, 1.807) is 53.4 Å². The first kappa shape index (κ1) is 20.0. The maximum Gasteiger partial charge on any atom is 0.270 e. The molecular formula is C22H17FN4O4. The number of carbonyl (C=O) groups is 1. The Morgan fingerprint density at radius 2 is 2.03 bits per heavy atom. The van der Waals surface area contributed by atoms with Crippen LogP contribution in [-0.2, 0) is 17.9 Å². The van der Waals surface area contributed by atoms with Crippen LogP contribution >= 0.6 is 0 Å². The van der Waals surface area contributed by atoms with Crippen molar-refractivity contribution in [2.45, 2.75) is 13.1 Å². The van der Waals surface area contributed by atoms with Crippen molar-refractivity contribution in [2.24, 2.45) is 0 Å². The molecule has 2 aromatic carbocycles. The van der Waals surface area contributed by atoms with Crippen LogP contribution in [0.15, 0.2) is 73.1 Å². The Morgan fingerprint density at radius 1 is 1.16 bits per heavy atom. The third-order valence-electron chi connectivity index (χ3n) is 4.59. The molecule has 0 radical (unpaired) electrons. The van der Waals surface area contributed by atoms with Gasteiger partial charge in [0.05, 0.1) is 4.92 Å². The van der Waals surface area contributed by atoms with Crippen LogP contribution in [0, 0.1) is 15.9 Å². The maximum absolute atomic E-state index is 13.2. The van der Waals surface area contributed by atoms with Crippen LogP contribution in [-0.4, -0.2) is 20.4 Å². The number of nitrogens with one attached hydrogen (secondary N) is 1. The number of fused-ring (bicyclic) bond motifs is 1. The number of nitro groups is 1. The van der Waals surface area contributed by atoms with Crippen molar-refractivity contribution in [3.8, 4) is 11.6 Å². The number of rotatable bonds is 7. The number of ether oxygens (including phenoxy) is 1. The van der Waals surface area contributed by atoms with Crippen LogP contribution in [0.5, 0.6) is 11.6 Å². The van der Waals surface area contributed by atoms with E-state index >= 15 is 0 Å². The fourth-order valence-corrected chi connectivity index (χ4v) is 3.08. The predicted molar refractivity (Wildman–Crippen MR) is 111 cm³/mol. The quantitative estimate of drug-likeness (QED) is 0.357. The summed E-state index contributed by atoms with van der Waals surface area (Å²) in [5, 5.41) is 14.4. The highest BCUT2D eigenvalue weighted by Gasteiger charge is 2.11. The molecular weight excluding hydrogens is 403 g/mol. The standard InChI is InChI=1S/C22H17FN4O4/c23-17-2-1-3-19(11-17)31-22-7-4-15(13-25-22)12-24-21(28)14-26-9-8-16-10-18(27(29)30)5-6-20(16)26/h1-11,13H,12,14H2,(H,24,28). The van der Waals surface area contributed by atoms with E-state index in [9.17, 15) is 19.3 Å². The van der Waals surface area contributed by atoms with Crippen molar-refractivity contribution in [3.63, 3.8) is 0 Å². The van der Waals surface area contributed by atoms with Gasteiger partial charge in [-0.1, -0.05) is 12.1 Å². The lowest BCUT2D eigenvalue weighted by Crippen LogP contribution is -2.26. The highest BCUT2D eigenvalue weighted by Crippen LogP contribution is 2.22. The number of non-ortho nitro benzene ring substituents is 1. The second-order valence-electron chi connectivity index (χ2n) is 6.78. The Labute approximate surface area is 176 Å². The smallest absolute Gasteiger partial charge is 0.270 e. The van der Waals surface area contributed by atoms with Gasteiger partial charge in [0, 0.05) is 54.1 Å². The van der Waals surface area contributed by atoms with Crippen molar-refractivity contribution in [3.05, 3.63) is 94.6 Å². The highest BCUT2D eigenvalue weighted by molar-refractivity contribution is 5.85. The molecule has 4 rings (SSSR count). The zero-order chi connectivity index (χ0) is 21.8. The zero-order valence-electron chi connectivity index (χ0n) is 16.2. The second-order valence-corrected chi connectivity index (χ2v) is 6.78. The van der Waals surface area contributed by atoms with Gasteiger partial charge in [0.25, 0.3) is 5.69 Å². The third kappa shape index (κ3) is 4.84. The molecule has 0 saturated carbocycles. The van der Waals surface area contributed by atoms with E-state index in [0.29, 0.717) is 17.0 Å². The summed E-state index contributed by atoms with van der Waals surface area (Å²) in [5.41, 5.74) is 1.52. The summed E-state index contributed by atoms with van der Waals surface area (Å²) >= 11 is 0. The van der Waals surface area contributed by atoms with Gasteiger partial charge in [-0.25, -0.2) is 9.37 Å². The third-order valence-corrected chi connectivity index (χ3v) is 4.59. The summed E-state index contributed by atoms with van der Waals surface area (Å²) in [7, 11) is 0. The molecule has 156 valence electrons. The highest BCUT2D eigenvalue weighted by atomic mass is 19.1. The Hall–Kier alpha value is -4.27. The Bertz CT molecular complexity index is 1250. The van der Waals surface area contributed by atoms with Crippen LogP contribution < -0.4 is 10.1 Å². The first-order chi connectivity index (χ1) is 15.0. The van der Waals surface area contributed by atoms with Gasteiger partial charge in [-0.3, -0.25) is 14.9 Å². The average Bonchev–Trinajstić information content (AvgIpc) is 3.15. The van der Waals surface area contributed by atoms with Gasteiger partial charge in [-0.15, -0.1) is 0 Å². The summed E-state index contributed by atoms with van der Waals surface area (Å²) in [6, 6.07) is 15.4. The minimum atomic E-state index is -0.452. The Morgan fingerprint density at radius 3 is 2.77 bits per heavy atom. The fraction of sp³-hybridized carbons (Fsp3) is 0.0909. The monoisotopic (exact) mass is 420 g/mol. The molecule has 1 N–H and O–H groups in total. The number of nitro benzene ring substituents is 1. The van der Waals surface area contributed by atoms with Crippen molar-refractivity contribution in [1.82, 2.24) is 14.9 Å². The number of halogens is 1. The number of benzene rings is 2. The number of nitrogens with zero attached hydrogens (tertiary/aromatic N) is 3. The summed E-state index contributed by atoms with van der Waals surface area (Å²) in [4.78, 5) is 26.9. The normalized spacial score (nSPS) is 10.7. The molecule has 4 aromatic rings. The number of carbonyl (C=O) groups excluding carboxylic acids is 1. The molecule has 0 spiro atoms. The van der Waals surface area contributed by atoms with Gasteiger partial charge in [0.1, 0.15) is 18.1 Å².